The summed E-state index contributed by atoms with van der Waals surface area (Å²) in [5.74, 6) is 0. The summed E-state index contributed by atoms with van der Waals surface area (Å²) < 4.78 is 41.0. The lowest BCUT2D eigenvalue weighted by atomic mass is 10.1. The summed E-state index contributed by atoms with van der Waals surface area (Å²) in [6.07, 6.45) is -4.44. The third kappa shape index (κ3) is 2.96. The molecule has 0 aliphatic carbocycles. The molecule has 0 N–H and O–H groups in total. The summed E-state index contributed by atoms with van der Waals surface area (Å²) in [6.45, 7) is 5.12. The molecule has 0 atom stereocenters. The second-order valence-electron chi connectivity index (χ2n) is 6.56. The van der Waals surface area contributed by atoms with Crippen LogP contribution in [-0.2, 0) is 11.7 Å². The van der Waals surface area contributed by atoms with Crippen molar-refractivity contribution in [2.45, 2.75) is 32.5 Å². The van der Waals surface area contributed by atoms with Gasteiger partial charge in [-0.1, -0.05) is 36.4 Å². The van der Waals surface area contributed by atoms with Crippen LogP contribution >= 0.6 is 0 Å². The van der Waals surface area contributed by atoms with E-state index in [-0.39, 0.29) is 0 Å². The molecular weight excluding hydrogens is 301 g/mol. The van der Waals surface area contributed by atoms with Gasteiger partial charge in [0, 0.05) is 5.56 Å². The number of hydrogen-bond acceptors (Lipinski definition) is 1. The molecule has 0 saturated heterocycles. The third-order valence-electron chi connectivity index (χ3n) is 3.68. The quantitative estimate of drug-likeness (QED) is 0.581. The zero-order valence-electron chi connectivity index (χ0n) is 13.1. The SMILES string of the molecule is CC(C)(C)n1nc(-c2ccc3ccccc3c2)cc1C(F)(F)F. The highest BCUT2D eigenvalue weighted by molar-refractivity contribution is 5.86. The van der Waals surface area contributed by atoms with Crippen LogP contribution in [0.4, 0.5) is 13.2 Å². The Labute approximate surface area is 132 Å². The van der Waals surface area contributed by atoms with Crippen LogP contribution in [0.15, 0.2) is 48.5 Å². The summed E-state index contributed by atoms with van der Waals surface area (Å²) >= 11 is 0. The molecule has 3 aromatic rings. The van der Waals surface area contributed by atoms with Gasteiger partial charge in [-0.15, -0.1) is 0 Å². The number of fused-ring (bicyclic) bond motifs is 1. The summed E-state index contributed by atoms with van der Waals surface area (Å²) in [4.78, 5) is 0. The Morgan fingerprint density at radius 2 is 1.52 bits per heavy atom. The fraction of sp³-hybridized carbons (Fsp3) is 0.278. The minimum absolute atomic E-state index is 0.331. The van der Waals surface area contributed by atoms with Crippen molar-refractivity contribution in [2.75, 3.05) is 0 Å². The molecule has 0 spiro atoms. The van der Waals surface area contributed by atoms with Crippen molar-refractivity contribution in [1.29, 1.82) is 0 Å². The van der Waals surface area contributed by atoms with E-state index in [0.717, 1.165) is 21.5 Å². The summed E-state index contributed by atoms with van der Waals surface area (Å²) in [5, 5.41) is 6.24. The molecule has 3 rings (SSSR count). The lowest BCUT2D eigenvalue weighted by Gasteiger charge is -2.23. The molecule has 2 aromatic carbocycles. The standard InChI is InChI=1S/C18H17F3N2/c1-17(2,3)23-16(18(19,20)21)11-15(22-23)14-9-8-12-6-4-5-7-13(12)10-14/h4-11H,1-3H3. The molecule has 0 amide bonds. The van der Waals surface area contributed by atoms with Gasteiger partial charge < -0.3 is 0 Å². The molecule has 0 fully saturated rings. The van der Waals surface area contributed by atoms with Crippen LogP contribution in [0.1, 0.15) is 26.5 Å². The van der Waals surface area contributed by atoms with Crippen molar-refractivity contribution >= 4 is 10.8 Å². The molecule has 2 nitrogen and oxygen atoms in total. The van der Waals surface area contributed by atoms with E-state index >= 15 is 0 Å². The highest BCUT2D eigenvalue weighted by atomic mass is 19.4. The largest absolute Gasteiger partial charge is 0.433 e. The van der Waals surface area contributed by atoms with E-state index in [1.807, 2.05) is 36.4 Å². The lowest BCUT2D eigenvalue weighted by molar-refractivity contribution is -0.146. The third-order valence-corrected chi connectivity index (χ3v) is 3.68. The fourth-order valence-electron chi connectivity index (χ4n) is 2.58. The maximum Gasteiger partial charge on any atom is 0.433 e. The first-order valence-electron chi connectivity index (χ1n) is 7.33. The van der Waals surface area contributed by atoms with Crippen LogP contribution in [-0.4, -0.2) is 9.78 Å². The van der Waals surface area contributed by atoms with Gasteiger partial charge in [-0.2, -0.15) is 18.3 Å². The van der Waals surface area contributed by atoms with Crippen LogP contribution in [0.25, 0.3) is 22.0 Å². The van der Waals surface area contributed by atoms with E-state index in [1.165, 1.54) is 0 Å². The van der Waals surface area contributed by atoms with Crippen molar-refractivity contribution in [2.24, 2.45) is 0 Å². The zero-order valence-corrected chi connectivity index (χ0v) is 13.1. The van der Waals surface area contributed by atoms with E-state index in [2.05, 4.69) is 5.10 Å². The number of alkyl halides is 3. The maximum atomic E-state index is 13.3. The molecule has 0 aliphatic rings. The van der Waals surface area contributed by atoms with Crippen LogP contribution in [0.5, 0.6) is 0 Å². The first-order valence-corrected chi connectivity index (χ1v) is 7.33. The highest BCUT2D eigenvalue weighted by Crippen LogP contribution is 2.35. The molecule has 0 bridgehead atoms. The summed E-state index contributed by atoms with van der Waals surface area (Å²) in [5.41, 5.74) is -0.469. The van der Waals surface area contributed by atoms with Gasteiger partial charge in [0.2, 0.25) is 0 Å². The van der Waals surface area contributed by atoms with Gasteiger partial charge in [-0.25, -0.2) is 0 Å². The number of hydrogen-bond donors (Lipinski definition) is 0. The van der Waals surface area contributed by atoms with E-state index < -0.39 is 17.4 Å². The highest BCUT2D eigenvalue weighted by Gasteiger charge is 2.38. The first-order chi connectivity index (χ1) is 10.7. The fourth-order valence-corrected chi connectivity index (χ4v) is 2.58. The maximum absolute atomic E-state index is 13.3. The van der Waals surface area contributed by atoms with Gasteiger partial charge in [-0.3, -0.25) is 4.68 Å². The lowest BCUT2D eigenvalue weighted by Crippen LogP contribution is -2.28. The van der Waals surface area contributed by atoms with Crippen LogP contribution < -0.4 is 0 Å². The molecule has 0 unspecified atom stereocenters. The molecule has 120 valence electrons. The number of benzene rings is 2. The molecular formula is C18H17F3N2. The van der Waals surface area contributed by atoms with Crippen molar-refractivity contribution in [1.82, 2.24) is 9.78 Å². The minimum Gasteiger partial charge on any atom is -0.255 e. The smallest absolute Gasteiger partial charge is 0.255 e. The molecule has 0 aliphatic heterocycles. The number of halogens is 3. The Morgan fingerprint density at radius 3 is 2.09 bits per heavy atom. The van der Waals surface area contributed by atoms with Crippen molar-refractivity contribution in [3.05, 3.63) is 54.2 Å². The molecule has 1 aromatic heterocycles. The second kappa shape index (κ2) is 5.11. The first kappa shape index (κ1) is 15.6. The molecule has 0 radical (unpaired) electrons. The van der Waals surface area contributed by atoms with Gasteiger partial charge in [0.05, 0.1) is 11.2 Å². The van der Waals surface area contributed by atoms with E-state index in [1.54, 1.807) is 26.8 Å². The van der Waals surface area contributed by atoms with Crippen molar-refractivity contribution in [3.8, 4) is 11.3 Å². The number of rotatable bonds is 1. The molecule has 5 heteroatoms. The average Bonchev–Trinajstić information content (AvgIpc) is 2.92. The Hall–Kier alpha value is -2.30. The van der Waals surface area contributed by atoms with Gasteiger partial charge in [0.25, 0.3) is 0 Å². The van der Waals surface area contributed by atoms with E-state index in [0.29, 0.717) is 11.3 Å². The van der Waals surface area contributed by atoms with Crippen LogP contribution in [0.3, 0.4) is 0 Å². The van der Waals surface area contributed by atoms with Crippen molar-refractivity contribution in [3.63, 3.8) is 0 Å². The number of aromatic nitrogens is 2. The molecule has 0 saturated carbocycles. The second-order valence-corrected chi connectivity index (χ2v) is 6.56. The molecule has 1 heterocycles. The Balaban J connectivity index is 2.17. The normalized spacial score (nSPS) is 12.8. The van der Waals surface area contributed by atoms with Crippen LogP contribution in [0.2, 0.25) is 0 Å². The Kier molecular flexibility index (Phi) is 3.47. The summed E-state index contributed by atoms with van der Waals surface area (Å²) in [6, 6.07) is 14.4. The predicted molar refractivity (Wildman–Crippen MR) is 85.2 cm³/mol. The topological polar surface area (TPSA) is 17.8 Å². The van der Waals surface area contributed by atoms with Crippen molar-refractivity contribution < 1.29 is 13.2 Å². The van der Waals surface area contributed by atoms with Gasteiger partial charge >= 0.3 is 6.18 Å². The number of nitrogens with zero attached hydrogens (tertiary/aromatic N) is 2. The van der Waals surface area contributed by atoms with E-state index in [4.69, 9.17) is 0 Å². The Morgan fingerprint density at radius 1 is 0.870 bits per heavy atom. The zero-order chi connectivity index (χ0) is 16.8. The van der Waals surface area contributed by atoms with Gasteiger partial charge in [-0.05, 0) is 43.7 Å². The minimum atomic E-state index is -4.44. The van der Waals surface area contributed by atoms with Crippen LogP contribution in [0, 0.1) is 0 Å². The van der Waals surface area contributed by atoms with Gasteiger partial charge in [0.15, 0.2) is 0 Å². The monoisotopic (exact) mass is 318 g/mol. The Bertz CT molecular complexity index is 823. The molecule has 23 heavy (non-hydrogen) atoms. The summed E-state index contributed by atoms with van der Waals surface area (Å²) in [7, 11) is 0. The predicted octanol–water partition coefficient (Wildman–Crippen LogP) is 5.48. The van der Waals surface area contributed by atoms with Gasteiger partial charge in [0.1, 0.15) is 5.69 Å². The van der Waals surface area contributed by atoms with E-state index in [9.17, 15) is 13.2 Å². The average molecular weight is 318 g/mol.